The molecule has 1 heterocycles. The predicted octanol–water partition coefficient (Wildman–Crippen LogP) is 2.45. The van der Waals surface area contributed by atoms with Crippen molar-refractivity contribution in [3.05, 3.63) is 17.8 Å². The van der Waals surface area contributed by atoms with Crippen molar-refractivity contribution >= 4 is 11.5 Å². The lowest BCUT2D eigenvalue weighted by Gasteiger charge is -2.10. The molecule has 1 aromatic rings. The predicted molar refractivity (Wildman–Crippen MR) is 72.2 cm³/mol. The Morgan fingerprint density at radius 2 is 2.18 bits per heavy atom. The van der Waals surface area contributed by atoms with Crippen LogP contribution in [-0.4, -0.2) is 24.7 Å². The highest BCUT2D eigenvalue weighted by Gasteiger charge is 1.99. The summed E-state index contributed by atoms with van der Waals surface area (Å²) in [6.45, 7) is 8.69. The van der Waals surface area contributed by atoms with Crippen LogP contribution in [0.2, 0.25) is 0 Å². The molecule has 0 aliphatic heterocycles. The van der Waals surface area contributed by atoms with Crippen molar-refractivity contribution in [3.8, 4) is 0 Å². The highest BCUT2D eigenvalue weighted by Crippen LogP contribution is 2.13. The Kier molecular flexibility index (Phi) is 5.77. The largest absolute Gasteiger partial charge is 0.397 e. The molecular weight excluding hydrogens is 214 g/mol. The van der Waals surface area contributed by atoms with Crippen LogP contribution in [0.5, 0.6) is 0 Å². The third-order valence-corrected chi connectivity index (χ3v) is 2.48. The lowest BCUT2D eigenvalue weighted by molar-refractivity contribution is 0.132. The van der Waals surface area contributed by atoms with Crippen molar-refractivity contribution < 1.29 is 4.74 Å². The highest BCUT2D eigenvalue weighted by molar-refractivity contribution is 5.50. The second kappa shape index (κ2) is 7.12. The molecule has 0 atom stereocenters. The average molecular weight is 237 g/mol. The third kappa shape index (κ3) is 5.54. The molecule has 0 radical (unpaired) electrons. The number of ether oxygens (including phenoxy) is 1. The van der Waals surface area contributed by atoms with Gasteiger partial charge in [-0.15, -0.1) is 0 Å². The maximum absolute atomic E-state index is 5.64. The molecular formula is C13H23N3O. The number of nitrogens with one attached hydrogen (secondary N) is 1. The minimum Gasteiger partial charge on any atom is -0.397 e. The van der Waals surface area contributed by atoms with Gasteiger partial charge in [-0.3, -0.25) is 0 Å². The molecule has 0 aliphatic carbocycles. The Morgan fingerprint density at radius 3 is 2.82 bits per heavy atom. The molecule has 0 aromatic carbocycles. The van der Waals surface area contributed by atoms with Crippen LogP contribution in [0.25, 0.3) is 0 Å². The van der Waals surface area contributed by atoms with Gasteiger partial charge in [0.15, 0.2) is 0 Å². The van der Waals surface area contributed by atoms with Crippen LogP contribution in [0, 0.1) is 12.8 Å². The number of pyridine rings is 1. The molecule has 0 spiro atoms. The van der Waals surface area contributed by atoms with Crippen LogP contribution in [0.4, 0.5) is 11.5 Å². The van der Waals surface area contributed by atoms with E-state index >= 15 is 0 Å². The van der Waals surface area contributed by atoms with Gasteiger partial charge >= 0.3 is 0 Å². The van der Waals surface area contributed by atoms with E-state index in [4.69, 9.17) is 10.5 Å². The van der Waals surface area contributed by atoms with Gasteiger partial charge in [-0.1, -0.05) is 13.8 Å². The molecule has 0 amide bonds. The van der Waals surface area contributed by atoms with Gasteiger partial charge in [0.05, 0.1) is 18.5 Å². The SMILES string of the molecule is Cc1cc(N)cnc1NCCOCCC(C)C. The number of aryl methyl sites for hydroxylation is 1. The summed E-state index contributed by atoms with van der Waals surface area (Å²) in [5.74, 6) is 1.58. The topological polar surface area (TPSA) is 60.2 Å². The van der Waals surface area contributed by atoms with Crippen molar-refractivity contribution in [2.75, 3.05) is 30.8 Å². The van der Waals surface area contributed by atoms with Gasteiger partial charge in [-0.2, -0.15) is 0 Å². The number of nitrogens with zero attached hydrogens (tertiary/aromatic N) is 1. The molecule has 4 nitrogen and oxygen atoms in total. The number of nitrogen functional groups attached to an aromatic ring is 1. The standard InChI is InChI=1S/C13H23N3O/c1-10(2)4-6-17-7-5-15-13-11(3)8-12(14)9-16-13/h8-10H,4-7,14H2,1-3H3,(H,15,16). The van der Waals surface area contributed by atoms with Crippen LogP contribution < -0.4 is 11.1 Å². The zero-order valence-electron chi connectivity index (χ0n) is 11.0. The van der Waals surface area contributed by atoms with Crippen LogP contribution >= 0.6 is 0 Å². The summed E-state index contributed by atoms with van der Waals surface area (Å²) in [5.41, 5.74) is 7.39. The molecule has 3 N–H and O–H groups in total. The first kappa shape index (κ1) is 13.8. The summed E-state index contributed by atoms with van der Waals surface area (Å²) < 4.78 is 5.51. The lowest BCUT2D eigenvalue weighted by Crippen LogP contribution is -2.12. The van der Waals surface area contributed by atoms with Gasteiger partial charge in [-0.05, 0) is 30.9 Å². The van der Waals surface area contributed by atoms with Crippen LogP contribution in [0.15, 0.2) is 12.3 Å². The Labute approximate surface area is 104 Å². The second-order valence-electron chi connectivity index (χ2n) is 4.66. The fraction of sp³-hybridized carbons (Fsp3) is 0.615. The smallest absolute Gasteiger partial charge is 0.129 e. The van der Waals surface area contributed by atoms with Gasteiger partial charge in [0.2, 0.25) is 0 Å². The van der Waals surface area contributed by atoms with E-state index in [0.29, 0.717) is 18.2 Å². The molecule has 96 valence electrons. The van der Waals surface area contributed by atoms with Gasteiger partial charge in [0.25, 0.3) is 0 Å². The molecule has 4 heteroatoms. The van der Waals surface area contributed by atoms with Crippen molar-refractivity contribution in [3.63, 3.8) is 0 Å². The first-order chi connectivity index (χ1) is 8.09. The highest BCUT2D eigenvalue weighted by atomic mass is 16.5. The molecule has 0 bridgehead atoms. The summed E-state index contributed by atoms with van der Waals surface area (Å²) >= 11 is 0. The van der Waals surface area contributed by atoms with E-state index < -0.39 is 0 Å². The molecule has 1 rings (SSSR count). The van der Waals surface area contributed by atoms with Crippen molar-refractivity contribution in [2.24, 2.45) is 5.92 Å². The number of rotatable bonds is 7. The first-order valence-electron chi connectivity index (χ1n) is 6.13. The zero-order valence-corrected chi connectivity index (χ0v) is 11.0. The summed E-state index contributed by atoms with van der Waals surface area (Å²) in [5, 5.41) is 3.24. The molecule has 0 aliphatic rings. The molecule has 0 saturated heterocycles. The number of nitrogens with two attached hydrogens (primary N) is 1. The Bertz CT molecular complexity index is 339. The quantitative estimate of drug-likeness (QED) is 0.715. The van der Waals surface area contributed by atoms with Crippen LogP contribution in [0.3, 0.4) is 0 Å². The fourth-order valence-electron chi connectivity index (χ4n) is 1.44. The zero-order chi connectivity index (χ0) is 12.7. The van der Waals surface area contributed by atoms with E-state index in [9.17, 15) is 0 Å². The summed E-state index contributed by atoms with van der Waals surface area (Å²) in [6, 6.07) is 1.91. The van der Waals surface area contributed by atoms with E-state index in [0.717, 1.165) is 31.0 Å². The maximum Gasteiger partial charge on any atom is 0.129 e. The monoisotopic (exact) mass is 237 g/mol. The Hall–Kier alpha value is -1.29. The average Bonchev–Trinajstić information content (AvgIpc) is 2.25. The number of hydrogen-bond acceptors (Lipinski definition) is 4. The van der Waals surface area contributed by atoms with Gasteiger partial charge in [0, 0.05) is 13.2 Å². The van der Waals surface area contributed by atoms with Crippen molar-refractivity contribution in [2.45, 2.75) is 27.2 Å². The molecule has 0 unspecified atom stereocenters. The van der Waals surface area contributed by atoms with E-state index in [1.165, 1.54) is 0 Å². The normalized spacial score (nSPS) is 10.8. The first-order valence-corrected chi connectivity index (χ1v) is 6.13. The van der Waals surface area contributed by atoms with Gasteiger partial charge in [-0.25, -0.2) is 4.98 Å². The number of aromatic nitrogens is 1. The molecule has 17 heavy (non-hydrogen) atoms. The van der Waals surface area contributed by atoms with Crippen molar-refractivity contribution in [1.29, 1.82) is 0 Å². The van der Waals surface area contributed by atoms with Gasteiger partial charge in [0.1, 0.15) is 5.82 Å². The Balaban J connectivity index is 2.18. The maximum atomic E-state index is 5.64. The minimum atomic E-state index is 0.696. The number of hydrogen-bond donors (Lipinski definition) is 2. The molecule has 1 aromatic heterocycles. The van der Waals surface area contributed by atoms with E-state index in [1.54, 1.807) is 6.20 Å². The van der Waals surface area contributed by atoms with E-state index in [2.05, 4.69) is 24.1 Å². The lowest BCUT2D eigenvalue weighted by atomic mass is 10.1. The fourth-order valence-corrected chi connectivity index (χ4v) is 1.44. The Morgan fingerprint density at radius 1 is 1.41 bits per heavy atom. The second-order valence-corrected chi connectivity index (χ2v) is 4.66. The van der Waals surface area contributed by atoms with Crippen molar-refractivity contribution in [1.82, 2.24) is 4.98 Å². The minimum absolute atomic E-state index is 0.696. The molecule has 0 fully saturated rings. The van der Waals surface area contributed by atoms with E-state index in [1.807, 2.05) is 13.0 Å². The molecule has 0 saturated carbocycles. The van der Waals surface area contributed by atoms with E-state index in [-0.39, 0.29) is 0 Å². The van der Waals surface area contributed by atoms with Crippen LogP contribution in [-0.2, 0) is 4.74 Å². The number of anilines is 2. The van der Waals surface area contributed by atoms with Gasteiger partial charge < -0.3 is 15.8 Å². The third-order valence-electron chi connectivity index (χ3n) is 2.48. The summed E-state index contributed by atoms with van der Waals surface area (Å²) in [6.07, 6.45) is 2.77. The summed E-state index contributed by atoms with van der Waals surface area (Å²) in [7, 11) is 0. The van der Waals surface area contributed by atoms with Crippen LogP contribution in [0.1, 0.15) is 25.8 Å². The summed E-state index contributed by atoms with van der Waals surface area (Å²) in [4.78, 5) is 4.23.